The van der Waals surface area contributed by atoms with Crippen molar-refractivity contribution < 1.29 is 9.84 Å². The zero-order valence-corrected chi connectivity index (χ0v) is 10.9. The fourth-order valence-electron chi connectivity index (χ4n) is 1.32. The minimum atomic E-state index is -0.349. The zero-order chi connectivity index (χ0) is 12.3. The number of likely N-dealkylation sites (N-methyl/N-ethyl adjacent to an activating group) is 1. The van der Waals surface area contributed by atoms with Crippen LogP contribution in [-0.2, 0) is 0 Å². The van der Waals surface area contributed by atoms with Crippen LogP contribution in [0.4, 0.5) is 5.69 Å². The van der Waals surface area contributed by atoms with Crippen LogP contribution in [0.5, 0.6) is 5.75 Å². The molecule has 0 heterocycles. The highest BCUT2D eigenvalue weighted by atomic mass is 35.5. The van der Waals surface area contributed by atoms with Crippen molar-refractivity contribution in [2.24, 2.45) is 0 Å². The molecule has 0 bridgehead atoms. The van der Waals surface area contributed by atoms with Gasteiger partial charge in [0, 0.05) is 13.1 Å². The van der Waals surface area contributed by atoms with Crippen molar-refractivity contribution in [2.75, 3.05) is 25.7 Å². The normalized spacial score (nSPS) is 11.4. The Morgan fingerprint density at radius 1 is 1.44 bits per heavy atom. The van der Waals surface area contributed by atoms with Crippen LogP contribution < -0.4 is 9.64 Å². The molecule has 3 nitrogen and oxygen atoms in total. The summed E-state index contributed by atoms with van der Waals surface area (Å²) in [5, 5.41) is 9.92. The van der Waals surface area contributed by atoms with Gasteiger partial charge in [0.2, 0.25) is 0 Å². The van der Waals surface area contributed by atoms with Gasteiger partial charge in [-0.3, -0.25) is 0 Å². The number of aliphatic hydroxyl groups is 1. The first-order valence-electron chi connectivity index (χ1n) is 5.10. The molecule has 1 aromatic rings. The molecule has 1 N–H and O–H groups in total. The van der Waals surface area contributed by atoms with Crippen LogP contribution in [-0.4, -0.2) is 31.4 Å². The Bertz CT molecular complexity index is 366. The predicted molar refractivity (Wildman–Crippen MR) is 67.6 cm³/mol. The van der Waals surface area contributed by atoms with Gasteiger partial charge in [-0.05, 0) is 26.0 Å². The maximum Gasteiger partial charge on any atom is 0.120 e. The molecular weight excluding hydrogens is 226 g/mol. The second-order valence-electron chi connectivity index (χ2n) is 4.35. The number of ether oxygens (including phenoxy) is 1. The molecule has 4 heteroatoms. The Kier molecular flexibility index (Phi) is 4.05. The Balaban J connectivity index is 3.05. The standard InChI is InChI=1S/C12H18ClNO2/c1-12(2,8-15)14(3)11-6-5-9(16-4)7-10(11)13/h5-7,15H,8H2,1-4H3. The van der Waals surface area contributed by atoms with Crippen molar-refractivity contribution in [3.8, 4) is 5.75 Å². The van der Waals surface area contributed by atoms with E-state index in [4.69, 9.17) is 16.3 Å². The first-order valence-corrected chi connectivity index (χ1v) is 5.48. The molecule has 1 aromatic carbocycles. The van der Waals surface area contributed by atoms with E-state index in [0.717, 1.165) is 11.4 Å². The van der Waals surface area contributed by atoms with Crippen LogP contribution in [0.3, 0.4) is 0 Å². The number of aliphatic hydroxyl groups excluding tert-OH is 1. The number of methoxy groups -OCH3 is 1. The van der Waals surface area contributed by atoms with Gasteiger partial charge in [0.25, 0.3) is 0 Å². The quantitative estimate of drug-likeness (QED) is 0.882. The van der Waals surface area contributed by atoms with Gasteiger partial charge in [-0.15, -0.1) is 0 Å². The first kappa shape index (κ1) is 13.1. The minimum Gasteiger partial charge on any atom is -0.497 e. The van der Waals surface area contributed by atoms with E-state index < -0.39 is 0 Å². The van der Waals surface area contributed by atoms with Crippen LogP contribution >= 0.6 is 11.6 Å². The summed E-state index contributed by atoms with van der Waals surface area (Å²) in [4.78, 5) is 1.95. The lowest BCUT2D eigenvalue weighted by Crippen LogP contribution is -2.44. The van der Waals surface area contributed by atoms with Crippen molar-refractivity contribution in [1.82, 2.24) is 0 Å². The number of anilines is 1. The van der Waals surface area contributed by atoms with E-state index in [1.54, 1.807) is 13.2 Å². The zero-order valence-electron chi connectivity index (χ0n) is 10.1. The average Bonchev–Trinajstić information content (AvgIpc) is 2.28. The fraction of sp³-hybridized carbons (Fsp3) is 0.500. The summed E-state index contributed by atoms with van der Waals surface area (Å²) >= 11 is 6.16. The lowest BCUT2D eigenvalue weighted by molar-refractivity contribution is 0.216. The number of hydrogen-bond acceptors (Lipinski definition) is 3. The smallest absolute Gasteiger partial charge is 0.120 e. The summed E-state index contributed by atoms with van der Waals surface area (Å²) < 4.78 is 5.09. The number of nitrogens with zero attached hydrogens (tertiary/aromatic N) is 1. The summed E-state index contributed by atoms with van der Waals surface area (Å²) in [5.41, 5.74) is 0.527. The van der Waals surface area contributed by atoms with Gasteiger partial charge in [0.15, 0.2) is 0 Å². The van der Waals surface area contributed by atoms with E-state index in [0.29, 0.717) is 5.02 Å². The molecule has 1 rings (SSSR count). The predicted octanol–water partition coefficient (Wildman–Crippen LogP) is 2.56. The van der Waals surface area contributed by atoms with Gasteiger partial charge in [0.05, 0.1) is 30.0 Å². The molecule has 0 atom stereocenters. The lowest BCUT2D eigenvalue weighted by Gasteiger charge is -2.36. The Labute approximate surface area is 102 Å². The Morgan fingerprint density at radius 3 is 2.50 bits per heavy atom. The largest absolute Gasteiger partial charge is 0.497 e. The second-order valence-corrected chi connectivity index (χ2v) is 4.75. The first-order chi connectivity index (χ1) is 7.42. The van der Waals surface area contributed by atoms with Crippen molar-refractivity contribution in [3.05, 3.63) is 23.2 Å². The van der Waals surface area contributed by atoms with Crippen LogP contribution in [0, 0.1) is 0 Å². The molecule has 90 valence electrons. The van der Waals surface area contributed by atoms with Crippen LogP contribution in [0.15, 0.2) is 18.2 Å². The number of rotatable bonds is 4. The van der Waals surface area contributed by atoms with E-state index in [1.165, 1.54) is 0 Å². The second kappa shape index (κ2) is 4.93. The van der Waals surface area contributed by atoms with Crippen LogP contribution in [0.1, 0.15) is 13.8 Å². The van der Waals surface area contributed by atoms with E-state index in [1.807, 2.05) is 37.9 Å². The van der Waals surface area contributed by atoms with Crippen LogP contribution in [0.2, 0.25) is 5.02 Å². The molecule has 0 aliphatic rings. The maximum absolute atomic E-state index is 9.31. The SMILES string of the molecule is COc1ccc(N(C)C(C)(C)CO)c(Cl)c1. The highest BCUT2D eigenvalue weighted by Crippen LogP contribution is 2.32. The topological polar surface area (TPSA) is 32.7 Å². The molecule has 0 fully saturated rings. The van der Waals surface area contributed by atoms with Crippen molar-refractivity contribution in [2.45, 2.75) is 19.4 Å². The highest BCUT2D eigenvalue weighted by Gasteiger charge is 2.24. The van der Waals surface area contributed by atoms with Gasteiger partial charge in [-0.1, -0.05) is 11.6 Å². The summed E-state index contributed by atoms with van der Waals surface area (Å²) in [6, 6.07) is 5.50. The van der Waals surface area contributed by atoms with E-state index in [2.05, 4.69) is 0 Å². The molecule has 0 aromatic heterocycles. The number of benzene rings is 1. The van der Waals surface area contributed by atoms with Gasteiger partial charge in [0.1, 0.15) is 5.75 Å². The third-order valence-electron chi connectivity index (χ3n) is 2.81. The molecule has 0 aliphatic heterocycles. The van der Waals surface area contributed by atoms with Crippen molar-refractivity contribution in [1.29, 1.82) is 0 Å². The Hall–Kier alpha value is -0.930. The molecule has 0 amide bonds. The van der Waals surface area contributed by atoms with E-state index in [9.17, 15) is 5.11 Å². The number of hydrogen-bond donors (Lipinski definition) is 1. The number of halogens is 1. The van der Waals surface area contributed by atoms with Gasteiger partial charge in [-0.2, -0.15) is 0 Å². The molecule has 0 unspecified atom stereocenters. The molecule has 0 aliphatic carbocycles. The summed E-state index contributed by atoms with van der Waals surface area (Å²) in [5.74, 6) is 0.726. The fourth-order valence-corrected chi connectivity index (χ4v) is 1.62. The third kappa shape index (κ3) is 2.60. The monoisotopic (exact) mass is 243 g/mol. The van der Waals surface area contributed by atoms with Gasteiger partial charge in [-0.25, -0.2) is 0 Å². The van der Waals surface area contributed by atoms with Gasteiger partial charge >= 0.3 is 0 Å². The maximum atomic E-state index is 9.31. The Morgan fingerprint density at radius 2 is 2.06 bits per heavy atom. The molecule has 0 radical (unpaired) electrons. The third-order valence-corrected chi connectivity index (χ3v) is 3.11. The van der Waals surface area contributed by atoms with E-state index in [-0.39, 0.29) is 12.1 Å². The average molecular weight is 244 g/mol. The molecule has 0 saturated carbocycles. The molecule has 16 heavy (non-hydrogen) atoms. The van der Waals surface area contributed by atoms with Crippen molar-refractivity contribution in [3.63, 3.8) is 0 Å². The molecular formula is C12H18ClNO2. The minimum absolute atomic E-state index is 0.0614. The molecule has 0 spiro atoms. The summed E-state index contributed by atoms with van der Waals surface area (Å²) in [6.45, 7) is 3.97. The van der Waals surface area contributed by atoms with E-state index >= 15 is 0 Å². The summed E-state index contributed by atoms with van der Waals surface area (Å²) in [7, 11) is 3.51. The van der Waals surface area contributed by atoms with Crippen LogP contribution in [0.25, 0.3) is 0 Å². The molecule has 0 saturated heterocycles. The lowest BCUT2D eigenvalue weighted by atomic mass is 10.0. The van der Waals surface area contributed by atoms with Gasteiger partial charge < -0.3 is 14.7 Å². The van der Waals surface area contributed by atoms with Crippen molar-refractivity contribution >= 4 is 17.3 Å². The summed E-state index contributed by atoms with van der Waals surface area (Å²) in [6.07, 6.45) is 0. The highest BCUT2D eigenvalue weighted by molar-refractivity contribution is 6.33.